The highest BCUT2D eigenvalue weighted by atomic mass is 16.1. The van der Waals surface area contributed by atoms with Gasteiger partial charge >= 0.3 is 0 Å². The van der Waals surface area contributed by atoms with Gasteiger partial charge in [0, 0.05) is 12.7 Å². The maximum Gasteiger partial charge on any atom is 0.191 e. The van der Waals surface area contributed by atoms with Gasteiger partial charge in [0.2, 0.25) is 0 Å². The zero-order chi connectivity index (χ0) is 9.30. The topological polar surface area (TPSA) is 34.9 Å². The molecule has 3 heteroatoms. The highest BCUT2D eigenvalue weighted by Crippen LogP contribution is 2.10. The van der Waals surface area contributed by atoms with Crippen molar-refractivity contribution in [2.24, 2.45) is 7.05 Å². The highest BCUT2D eigenvalue weighted by molar-refractivity contribution is 6.08. The maximum atomic E-state index is 11.4. The van der Waals surface area contributed by atoms with Crippen LogP contribution in [-0.2, 0) is 7.05 Å². The molecule has 0 N–H and O–H groups in total. The van der Waals surface area contributed by atoms with E-state index in [0.717, 1.165) is 5.69 Å². The average molecular weight is 164 g/mol. The van der Waals surface area contributed by atoms with Crippen LogP contribution in [0.2, 0.25) is 0 Å². The zero-order valence-electron chi connectivity index (χ0n) is 7.59. The van der Waals surface area contributed by atoms with E-state index in [-0.39, 0.29) is 5.78 Å². The van der Waals surface area contributed by atoms with Crippen LogP contribution in [0.4, 0.5) is 0 Å². The van der Waals surface area contributed by atoms with Gasteiger partial charge < -0.3 is 0 Å². The molecule has 1 aromatic rings. The van der Waals surface area contributed by atoms with Crippen LogP contribution in [0.1, 0.15) is 23.0 Å². The van der Waals surface area contributed by atoms with Gasteiger partial charge in [-0.05, 0) is 19.4 Å². The average Bonchev–Trinajstić information content (AvgIpc) is 2.32. The summed E-state index contributed by atoms with van der Waals surface area (Å²) in [7, 11) is 1.81. The van der Waals surface area contributed by atoms with Crippen LogP contribution in [-0.4, -0.2) is 15.6 Å². The Morgan fingerprint density at radius 3 is 2.58 bits per heavy atom. The Hall–Kier alpha value is -1.38. The molecule has 0 aromatic carbocycles. The fourth-order valence-electron chi connectivity index (χ4n) is 0.952. The van der Waals surface area contributed by atoms with Crippen LogP contribution in [0.25, 0.3) is 0 Å². The summed E-state index contributed by atoms with van der Waals surface area (Å²) in [5.41, 5.74) is 2.07. The van der Waals surface area contributed by atoms with Crippen molar-refractivity contribution in [1.82, 2.24) is 9.78 Å². The normalized spacial score (nSPS) is 9.92. The molecule has 64 valence electrons. The number of rotatable bonds is 2. The molecule has 0 aliphatic heterocycles. The molecule has 0 atom stereocenters. The molecule has 3 nitrogen and oxygen atoms in total. The molecule has 12 heavy (non-hydrogen) atoms. The molecule has 1 heterocycles. The van der Waals surface area contributed by atoms with E-state index in [0.29, 0.717) is 11.1 Å². The number of Topliss-reactive ketones (excluding diaryl/α,β-unsaturated/α-hetero) is 1. The van der Waals surface area contributed by atoms with Crippen LogP contribution < -0.4 is 0 Å². The molecule has 1 rings (SSSR count). The minimum Gasteiger partial charge on any atom is -0.289 e. The van der Waals surface area contributed by atoms with Gasteiger partial charge in [-0.3, -0.25) is 9.48 Å². The summed E-state index contributed by atoms with van der Waals surface area (Å²) < 4.78 is 1.68. The smallest absolute Gasteiger partial charge is 0.191 e. The molecular formula is C9H12N2O. The fourth-order valence-corrected chi connectivity index (χ4v) is 0.952. The number of allylic oxidation sites excluding steroid dienone is 1. The van der Waals surface area contributed by atoms with Gasteiger partial charge in [-0.15, -0.1) is 0 Å². The molecule has 0 saturated carbocycles. The van der Waals surface area contributed by atoms with Crippen LogP contribution >= 0.6 is 0 Å². The third-order valence-electron chi connectivity index (χ3n) is 1.87. The maximum absolute atomic E-state index is 11.4. The first-order chi connectivity index (χ1) is 5.54. The Morgan fingerprint density at radius 2 is 2.25 bits per heavy atom. The third kappa shape index (κ3) is 1.30. The van der Waals surface area contributed by atoms with E-state index >= 15 is 0 Å². The second kappa shape index (κ2) is 2.93. The summed E-state index contributed by atoms with van der Waals surface area (Å²) in [6.07, 6.45) is 1.58. The lowest BCUT2D eigenvalue weighted by Gasteiger charge is -1.97. The van der Waals surface area contributed by atoms with Crippen molar-refractivity contribution in [2.75, 3.05) is 0 Å². The van der Waals surface area contributed by atoms with Gasteiger partial charge in [-0.2, -0.15) is 5.10 Å². The summed E-state index contributed by atoms with van der Waals surface area (Å²) >= 11 is 0. The molecule has 0 amide bonds. The zero-order valence-corrected chi connectivity index (χ0v) is 7.59. The summed E-state index contributed by atoms with van der Waals surface area (Å²) in [6, 6.07) is 0. The molecule has 0 aliphatic carbocycles. The quantitative estimate of drug-likeness (QED) is 0.490. The van der Waals surface area contributed by atoms with Gasteiger partial charge in [-0.25, -0.2) is 0 Å². The van der Waals surface area contributed by atoms with Gasteiger partial charge in [-0.1, -0.05) is 6.58 Å². The van der Waals surface area contributed by atoms with Crippen LogP contribution in [0.3, 0.4) is 0 Å². The molecule has 0 fully saturated rings. The predicted octanol–water partition coefficient (Wildman–Crippen LogP) is 1.49. The number of nitrogens with zero attached hydrogens (tertiary/aromatic N) is 2. The van der Waals surface area contributed by atoms with Crippen LogP contribution in [0.15, 0.2) is 18.3 Å². The van der Waals surface area contributed by atoms with E-state index in [2.05, 4.69) is 11.7 Å². The minimum atomic E-state index is -0.0272. The lowest BCUT2D eigenvalue weighted by Crippen LogP contribution is -2.01. The number of carbonyl (C=O) groups excluding carboxylic acids is 1. The molecule has 0 unspecified atom stereocenters. The van der Waals surface area contributed by atoms with E-state index in [1.807, 2.05) is 14.0 Å². The lowest BCUT2D eigenvalue weighted by atomic mass is 10.1. The first-order valence-electron chi connectivity index (χ1n) is 3.73. The molecule has 0 radical (unpaired) electrons. The SMILES string of the molecule is C=C(C)C(=O)c1cnn(C)c1C. The lowest BCUT2D eigenvalue weighted by molar-refractivity contribution is 0.103. The number of hydrogen-bond donors (Lipinski definition) is 0. The van der Waals surface area contributed by atoms with Gasteiger partial charge in [0.15, 0.2) is 5.78 Å². The Labute approximate surface area is 71.7 Å². The molecule has 1 aromatic heterocycles. The van der Waals surface area contributed by atoms with E-state index in [1.54, 1.807) is 17.8 Å². The van der Waals surface area contributed by atoms with Gasteiger partial charge in [0.05, 0.1) is 11.8 Å². The van der Waals surface area contributed by atoms with Crippen molar-refractivity contribution < 1.29 is 4.79 Å². The summed E-state index contributed by atoms with van der Waals surface area (Å²) in [6.45, 7) is 7.16. The first kappa shape index (κ1) is 8.71. The second-order valence-corrected chi connectivity index (χ2v) is 2.88. The Morgan fingerprint density at radius 1 is 1.67 bits per heavy atom. The van der Waals surface area contributed by atoms with Crippen molar-refractivity contribution >= 4 is 5.78 Å². The molecule has 0 aliphatic rings. The minimum absolute atomic E-state index is 0.0272. The largest absolute Gasteiger partial charge is 0.289 e. The van der Waals surface area contributed by atoms with Crippen molar-refractivity contribution in [2.45, 2.75) is 13.8 Å². The van der Waals surface area contributed by atoms with E-state index in [9.17, 15) is 4.79 Å². The van der Waals surface area contributed by atoms with E-state index in [1.165, 1.54) is 0 Å². The fraction of sp³-hybridized carbons (Fsp3) is 0.333. The summed E-state index contributed by atoms with van der Waals surface area (Å²) in [4.78, 5) is 11.4. The van der Waals surface area contributed by atoms with Crippen molar-refractivity contribution in [1.29, 1.82) is 0 Å². The number of aromatic nitrogens is 2. The number of ketones is 1. The highest BCUT2D eigenvalue weighted by Gasteiger charge is 2.12. The van der Waals surface area contributed by atoms with Crippen LogP contribution in [0.5, 0.6) is 0 Å². The standard InChI is InChI=1S/C9H12N2O/c1-6(2)9(12)8-5-10-11(4)7(8)3/h5H,1H2,2-4H3. The van der Waals surface area contributed by atoms with Gasteiger partial charge in [0.25, 0.3) is 0 Å². The Balaban J connectivity index is 3.12. The number of carbonyl (C=O) groups is 1. The first-order valence-corrected chi connectivity index (χ1v) is 3.73. The third-order valence-corrected chi connectivity index (χ3v) is 1.87. The van der Waals surface area contributed by atoms with Crippen molar-refractivity contribution in [3.63, 3.8) is 0 Å². The monoisotopic (exact) mass is 164 g/mol. The summed E-state index contributed by atoms with van der Waals surface area (Å²) in [5, 5.41) is 3.97. The Kier molecular flexibility index (Phi) is 2.13. The van der Waals surface area contributed by atoms with E-state index in [4.69, 9.17) is 0 Å². The van der Waals surface area contributed by atoms with Crippen molar-refractivity contribution in [3.05, 3.63) is 29.6 Å². The summed E-state index contributed by atoms with van der Waals surface area (Å²) in [5.74, 6) is -0.0272. The van der Waals surface area contributed by atoms with E-state index < -0.39 is 0 Å². The molecule has 0 saturated heterocycles. The number of aryl methyl sites for hydroxylation is 1. The Bertz CT molecular complexity index is 336. The second-order valence-electron chi connectivity index (χ2n) is 2.88. The van der Waals surface area contributed by atoms with Crippen LogP contribution in [0, 0.1) is 6.92 Å². The molecule has 0 spiro atoms. The number of hydrogen-bond acceptors (Lipinski definition) is 2. The molecular weight excluding hydrogens is 152 g/mol. The predicted molar refractivity (Wildman–Crippen MR) is 47.1 cm³/mol. The van der Waals surface area contributed by atoms with Gasteiger partial charge in [0.1, 0.15) is 0 Å². The molecule has 0 bridgehead atoms. The van der Waals surface area contributed by atoms with Crippen molar-refractivity contribution in [3.8, 4) is 0 Å².